The molecule has 1 rings (SSSR count). The highest BCUT2D eigenvalue weighted by Gasteiger charge is 2.12. The molecule has 0 radical (unpaired) electrons. The van der Waals surface area contributed by atoms with Crippen LogP contribution in [0.1, 0.15) is 82.0 Å². The van der Waals surface area contributed by atoms with E-state index in [1.807, 2.05) is 0 Å². The summed E-state index contributed by atoms with van der Waals surface area (Å²) >= 11 is 0. The van der Waals surface area contributed by atoms with Gasteiger partial charge in [-0.1, -0.05) is 46.0 Å². The van der Waals surface area contributed by atoms with Gasteiger partial charge >= 0.3 is 0 Å². The molecule has 1 aromatic rings. The third kappa shape index (κ3) is 4.81. The Hall–Kier alpha value is -0.830. The Morgan fingerprint density at radius 2 is 1.78 bits per heavy atom. The van der Waals surface area contributed by atoms with Crippen LogP contribution in [0.15, 0.2) is 0 Å². The van der Waals surface area contributed by atoms with Gasteiger partial charge in [-0.15, -0.1) is 0 Å². The third-order valence-electron chi connectivity index (χ3n) is 3.53. The van der Waals surface area contributed by atoms with Crippen LogP contribution in [0.3, 0.4) is 0 Å². The fourth-order valence-corrected chi connectivity index (χ4v) is 2.28. The van der Waals surface area contributed by atoms with E-state index in [0.29, 0.717) is 0 Å². The molecule has 3 nitrogen and oxygen atoms in total. The van der Waals surface area contributed by atoms with Crippen molar-refractivity contribution in [3.05, 3.63) is 17.2 Å². The molecule has 0 amide bonds. The number of aryl methyl sites for hydroxylation is 2. The van der Waals surface area contributed by atoms with Gasteiger partial charge in [-0.2, -0.15) is 0 Å². The van der Waals surface area contributed by atoms with E-state index >= 15 is 0 Å². The maximum absolute atomic E-state index is 6.04. The Bertz CT molecular complexity index is 330. The summed E-state index contributed by atoms with van der Waals surface area (Å²) in [7, 11) is 0. The zero-order valence-corrected chi connectivity index (χ0v) is 12.3. The normalized spacial score (nSPS) is 12.9. The first-order valence-corrected chi connectivity index (χ1v) is 7.50. The molecule has 0 aliphatic rings. The predicted molar refractivity (Wildman–Crippen MR) is 77.6 cm³/mol. The minimum Gasteiger partial charge on any atom is -0.346 e. The van der Waals surface area contributed by atoms with Gasteiger partial charge in [-0.25, -0.2) is 4.98 Å². The second-order valence-electron chi connectivity index (χ2n) is 5.23. The lowest BCUT2D eigenvalue weighted by Crippen LogP contribution is -2.10. The number of hydrogen-bond donors (Lipinski definition) is 2. The number of nitrogens with one attached hydrogen (secondary N) is 1. The number of nitrogens with zero attached hydrogens (tertiary/aromatic N) is 1. The second-order valence-corrected chi connectivity index (χ2v) is 5.23. The summed E-state index contributed by atoms with van der Waals surface area (Å²) in [5.41, 5.74) is 8.23. The first kappa shape index (κ1) is 15.2. The van der Waals surface area contributed by atoms with Crippen LogP contribution in [0.25, 0.3) is 0 Å². The number of hydrogen-bond acceptors (Lipinski definition) is 2. The van der Waals surface area contributed by atoms with E-state index in [-0.39, 0.29) is 6.04 Å². The highest BCUT2D eigenvalue weighted by Crippen LogP contribution is 2.17. The topological polar surface area (TPSA) is 54.7 Å². The number of imidazole rings is 1. The molecule has 0 fully saturated rings. The number of unbranched alkanes of at least 4 members (excludes halogenated alkanes) is 5. The molecule has 0 aliphatic carbocycles. The standard InChI is InChI=1S/C15H29N3/c1-4-6-7-8-9-10-11-14-17-12(3)15(18-14)13(16)5-2/h13H,4-11,16H2,1-3H3,(H,17,18). The monoisotopic (exact) mass is 251 g/mol. The van der Waals surface area contributed by atoms with Crippen molar-refractivity contribution in [2.45, 2.75) is 78.2 Å². The van der Waals surface area contributed by atoms with E-state index in [0.717, 1.165) is 30.1 Å². The van der Waals surface area contributed by atoms with Gasteiger partial charge in [0.05, 0.1) is 5.69 Å². The summed E-state index contributed by atoms with van der Waals surface area (Å²) in [5.74, 6) is 1.11. The van der Waals surface area contributed by atoms with Crippen molar-refractivity contribution in [3.63, 3.8) is 0 Å². The van der Waals surface area contributed by atoms with E-state index in [1.165, 1.54) is 38.5 Å². The zero-order chi connectivity index (χ0) is 13.4. The molecule has 0 aliphatic heterocycles. The van der Waals surface area contributed by atoms with Crippen LogP contribution in [0, 0.1) is 6.92 Å². The second kappa shape index (κ2) is 8.30. The lowest BCUT2D eigenvalue weighted by molar-refractivity contribution is 0.601. The van der Waals surface area contributed by atoms with Crippen molar-refractivity contribution in [2.75, 3.05) is 0 Å². The quantitative estimate of drug-likeness (QED) is 0.651. The smallest absolute Gasteiger partial charge is 0.106 e. The maximum atomic E-state index is 6.04. The molecule has 0 spiro atoms. The van der Waals surface area contributed by atoms with Gasteiger partial charge in [0.25, 0.3) is 0 Å². The third-order valence-corrected chi connectivity index (χ3v) is 3.53. The minimum atomic E-state index is 0.0829. The fourth-order valence-electron chi connectivity index (χ4n) is 2.28. The Balaban J connectivity index is 2.30. The van der Waals surface area contributed by atoms with Gasteiger partial charge in [0.15, 0.2) is 0 Å². The van der Waals surface area contributed by atoms with E-state index < -0.39 is 0 Å². The van der Waals surface area contributed by atoms with Gasteiger partial charge < -0.3 is 10.7 Å². The zero-order valence-electron chi connectivity index (χ0n) is 12.3. The Labute approximate surface area is 112 Å². The molecular formula is C15H29N3. The molecule has 1 atom stereocenters. The highest BCUT2D eigenvalue weighted by atomic mass is 15.0. The van der Waals surface area contributed by atoms with Crippen molar-refractivity contribution >= 4 is 0 Å². The van der Waals surface area contributed by atoms with Crippen LogP contribution in [0.5, 0.6) is 0 Å². The summed E-state index contributed by atoms with van der Waals surface area (Å²) in [6.45, 7) is 6.43. The van der Waals surface area contributed by atoms with Gasteiger partial charge in [0.2, 0.25) is 0 Å². The molecule has 0 saturated heterocycles. The van der Waals surface area contributed by atoms with Gasteiger partial charge in [0, 0.05) is 18.2 Å². The van der Waals surface area contributed by atoms with E-state index in [9.17, 15) is 0 Å². The Morgan fingerprint density at radius 1 is 1.11 bits per heavy atom. The first-order valence-electron chi connectivity index (χ1n) is 7.50. The molecule has 0 aromatic carbocycles. The van der Waals surface area contributed by atoms with Crippen LogP contribution in [-0.4, -0.2) is 9.97 Å². The summed E-state index contributed by atoms with van der Waals surface area (Å²) < 4.78 is 0. The lowest BCUT2D eigenvalue weighted by atomic mass is 10.1. The van der Waals surface area contributed by atoms with Crippen molar-refractivity contribution in [1.82, 2.24) is 9.97 Å². The van der Waals surface area contributed by atoms with Crippen LogP contribution in [0.2, 0.25) is 0 Å². The number of rotatable bonds is 9. The summed E-state index contributed by atoms with van der Waals surface area (Å²) in [5, 5.41) is 0. The molecule has 3 heteroatoms. The Kier molecular flexibility index (Phi) is 7.02. The molecular weight excluding hydrogens is 222 g/mol. The van der Waals surface area contributed by atoms with Crippen molar-refractivity contribution < 1.29 is 0 Å². The van der Waals surface area contributed by atoms with Crippen molar-refractivity contribution in [1.29, 1.82) is 0 Å². The van der Waals surface area contributed by atoms with Crippen LogP contribution >= 0.6 is 0 Å². The van der Waals surface area contributed by atoms with E-state index in [1.54, 1.807) is 0 Å². The van der Waals surface area contributed by atoms with Gasteiger partial charge in [-0.05, 0) is 19.8 Å². The van der Waals surface area contributed by atoms with E-state index in [4.69, 9.17) is 5.73 Å². The Morgan fingerprint density at radius 3 is 2.44 bits per heavy atom. The molecule has 1 aromatic heterocycles. The lowest BCUT2D eigenvalue weighted by Gasteiger charge is -2.05. The van der Waals surface area contributed by atoms with Crippen molar-refractivity contribution in [2.24, 2.45) is 5.73 Å². The van der Waals surface area contributed by atoms with Crippen LogP contribution in [-0.2, 0) is 6.42 Å². The number of H-pyrrole nitrogens is 1. The predicted octanol–water partition coefficient (Wildman–Crippen LogP) is 4.03. The molecule has 1 heterocycles. The molecule has 18 heavy (non-hydrogen) atoms. The van der Waals surface area contributed by atoms with Crippen molar-refractivity contribution in [3.8, 4) is 0 Å². The van der Waals surface area contributed by atoms with Gasteiger partial charge in [-0.3, -0.25) is 0 Å². The average molecular weight is 251 g/mol. The highest BCUT2D eigenvalue weighted by molar-refractivity contribution is 5.16. The molecule has 0 saturated carbocycles. The number of aromatic nitrogens is 2. The SMILES string of the molecule is CCCCCCCCc1nc(C(N)CC)c(C)[nH]1. The van der Waals surface area contributed by atoms with Gasteiger partial charge in [0.1, 0.15) is 5.82 Å². The maximum Gasteiger partial charge on any atom is 0.106 e. The minimum absolute atomic E-state index is 0.0829. The summed E-state index contributed by atoms with van der Waals surface area (Å²) in [6.07, 6.45) is 9.97. The van der Waals surface area contributed by atoms with Crippen LogP contribution < -0.4 is 5.73 Å². The molecule has 3 N–H and O–H groups in total. The fraction of sp³-hybridized carbons (Fsp3) is 0.800. The summed E-state index contributed by atoms with van der Waals surface area (Å²) in [6, 6.07) is 0.0829. The first-order chi connectivity index (χ1) is 8.69. The number of aromatic amines is 1. The number of nitrogens with two attached hydrogens (primary N) is 1. The molecule has 1 unspecified atom stereocenters. The molecule has 104 valence electrons. The van der Waals surface area contributed by atoms with E-state index in [2.05, 4.69) is 30.7 Å². The molecule has 0 bridgehead atoms. The van der Waals surface area contributed by atoms with Crippen LogP contribution in [0.4, 0.5) is 0 Å². The largest absolute Gasteiger partial charge is 0.346 e. The summed E-state index contributed by atoms with van der Waals surface area (Å²) in [4.78, 5) is 8.00. The average Bonchev–Trinajstić information content (AvgIpc) is 2.74.